The zero-order valence-electron chi connectivity index (χ0n) is 10.9. The lowest BCUT2D eigenvalue weighted by Crippen LogP contribution is -2.11. The van der Waals surface area contributed by atoms with E-state index in [0.29, 0.717) is 5.56 Å². The van der Waals surface area contributed by atoms with Crippen LogP contribution in [-0.4, -0.2) is 0 Å². The molecule has 0 aliphatic heterocycles. The molecule has 0 radical (unpaired) electrons. The second-order valence-electron chi connectivity index (χ2n) is 4.55. The fourth-order valence-corrected chi connectivity index (χ4v) is 2.46. The van der Waals surface area contributed by atoms with Gasteiger partial charge in [0.2, 0.25) is 0 Å². The maximum absolute atomic E-state index is 13.1. The van der Waals surface area contributed by atoms with E-state index in [2.05, 4.69) is 15.9 Å². The van der Waals surface area contributed by atoms with Gasteiger partial charge in [-0.15, -0.1) is 0 Å². The number of hydrogen-bond donors (Lipinski definition) is 0. The van der Waals surface area contributed by atoms with Crippen molar-refractivity contribution < 1.29 is 26.3 Å². The van der Waals surface area contributed by atoms with Gasteiger partial charge in [-0.2, -0.15) is 26.3 Å². The summed E-state index contributed by atoms with van der Waals surface area (Å²) in [5.74, 6) is 0. The highest BCUT2D eigenvalue weighted by Crippen LogP contribution is 2.42. The first kappa shape index (κ1) is 16.9. The van der Waals surface area contributed by atoms with Gasteiger partial charge < -0.3 is 0 Å². The SMILES string of the molecule is FC(F)(F)c1ccccc1-c1cc(CBr)ccc1C(F)(F)F. The Morgan fingerprint density at radius 2 is 1.27 bits per heavy atom. The van der Waals surface area contributed by atoms with E-state index < -0.39 is 34.6 Å². The second kappa shape index (κ2) is 5.95. The molecule has 0 atom stereocenters. The van der Waals surface area contributed by atoms with Crippen molar-refractivity contribution in [1.82, 2.24) is 0 Å². The molecule has 0 saturated heterocycles. The van der Waals surface area contributed by atoms with Crippen LogP contribution in [0, 0.1) is 0 Å². The predicted molar refractivity (Wildman–Crippen MR) is 74.5 cm³/mol. The molecule has 2 aromatic carbocycles. The van der Waals surface area contributed by atoms with Gasteiger partial charge in [0.1, 0.15) is 0 Å². The van der Waals surface area contributed by atoms with Crippen molar-refractivity contribution in [3.63, 3.8) is 0 Å². The molecule has 0 unspecified atom stereocenters. The van der Waals surface area contributed by atoms with Crippen molar-refractivity contribution in [2.24, 2.45) is 0 Å². The molecule has 0 aromatic heterocycles. The van der Waals surface area contributed by atoms with E-state index in [1.807, 2.05) is 0 Å². The van der Waals surface area contributed by atoms with Crippen molar-refractivity contribution in [3.05, 3.63) is 59.2 Å². The average molecular weight is 383 g/mol. The molecule has 2 rings (SSSR count). The Balaban J connectivity index is 2.77. The summed E-state index contributed by atoms with van der Waals surface area (Å²) in [6.45, 7) is 0. The minimum absolute atomic E-state index is 0.242. The first-order valence-corrected chi connectivity index (χ1v) is 7.19. The fourth-order valence-electron chi connectivity index (χ4n) is 2.11. The molecular weight excluding hydrogens is 374 g/mol. The lowest BCUT2D eigenvalue weighted by molar-refractivity contribution is -0.139. The minimum Gasteiger partial charge on any atom is -0.166 e. The topological polar surface area (TPSA) is 0 Å². The maximum Gasteiger partial charge on any atom is 0.417 e. The third-order valence-corrected chi connectivity index (χ3v) is 3.71. The van der Waals surface area contributed by atoms with Gasteiger partial charge in [0, 0.05) is 5.33 Å². The van der Waals surface area contributed by atoms with Crippen LogP contribution in [0.2, 0.25) is 0 Å². The van der Waals surface area contributed by atoms with Crippen LogP contribution in [0.1, 0.15) is 16.7 Å². The van der Waals surface area contributed by atoms with E-state index in [4.69, 9.17) is 0 Å². The Morgan fingerprint density at radius 1 is 0.727 bits per heavy atom. The molecule has 0 heterocycles. The van der Waals surface area contributed by atoms with Crippen molar-refractivity contribution in [2.45, 2.75) is 17.7 Å². The average Bonchev–Trinajstić information content (AvgIpc) is 2.44. The van der Waals surface area contributed by atoms with Gasteiger partial charge in [-0.1, -0.05) is 40.2 Å². The summed E-state index contributed by atoms with van der Waals surface area (Å²) in [6.07, 6.45) is -9.47. The fraction of sp³-hybridized carbons (Fsp3) is 0.200. The maximum atomic E-state index is 13.1. The number of halogens is 7. The largest absolute Gasteiger partial charge is 0.417 e. The highest BCUT2D eigenvalue weighted by Gasteiger charge is 2.38. The van der Waals surface area contributed by atoms with Crippen LogP contribution in [0.4, 0.5) is 26.3 Å². The normalized spacial score (nSPS) is 12.5. The van der Waals surface area contributed by atoms with E-state index in [9.17, 15) is 26.3 Å². The summed E-state index contributed by atoms with van der Waals surface area (Å²) in [5, 5.41) is 0.242. The summed E-state index contributed by atoms with van der Waals surface area (Å²) >= 11 is 3.09. The highest BCUT2D eigenvalue weighted by molar-refractivity contribution is 9.08. The Morgan fingerprint density at radius 3 is 1.82 bits per heavy atom. The van der Waals surface area contributed by atoms with E-state index in [1.165, 1.54) is 12.1 Å². The van der Waals surface area contributed by atoms with Crippen molar-refractivity contribution in [1.29, 1.82) is 0 Å². The summed E-state index contributed by atoms with van der Waals surface area (Å²) < 4.78 is 78.5. The van der Waals surface area contributed by atoms with Gasteiger partial charge in [0.25, 0.3) is 0 Å². The molecule has 0 nitrogen and oxygen atoms in total. The standard InChI is InChI=1S/C15H9BrF6/c16-8-9-5-6-13(15(20,21)22)11(7-9)10-3-1-2-4-12(10)14(17,18)19/h1-7H,8H2. The lowest BCUT2D eigenvalue weighted by atomic mass is 9.93. The van der Waals surface area contributed by atoms with Crippen LogP contribution in [0.15, 0.2) is 42.5 Å². The molecule has 0 aliphatic carbocycles. The molecule has 22 heavy (non-hydrogen) atoms. The van der Waals surface area contributed by atoms with Gasteiger partial charge in [-0.05, 0) is 34.9 Å². The molecular formula is C15H9BrF6. The Hall–Kier alpha value is -1.50. The highest BCUT2D eigenvalue weighted by atomic mass is 79.9. The van der Waals surface area contributed by atoms with Crippen LogP contribution in [0.25, 0.3) is 11.1 Å². The number of hydrogen-bond acceptors (Lipinski definition) is 0. The first-order chi connectivity index (χ1) is 10.1. The van der Waals surface area contributed by atoms with E-state index in [-0.39, 0.29) is 5.33 Å². The van der Waals surface area contributed by atoms with Gasteiger partial charge in [0.05, 0.1) is 11.1 Å². The number of rotatable bonds is 2. The molecule has 0 bridgehead atoms. The van der Waals surface area contributed by atoms with E-state index in [1.54, 1.807) is 0 Å². The molecule has 7 heteroatoms. The van der Waals surface area contributed by atoms with Crippen molar-refractivity contribution >= 4 is 15.9 Å². The van der Waals surface area contributed by atoms with Crippen LogP contribution in [0.5, 0.6) is 0 Å². The molecule has 118 valence electrons. The van der Waals surface area contributed by atoms with Crippen LogP contribution in [0.3, 0.4) is 0 Å². The number of alkyl halides is 7. The zero-order chi connectivity index (χ0) is 16.5. The van der Waals surface area contributed by atoms with Gasteiger partial charge in [-0.3, -0.25) is 0 Å². The van der Waals surface area contributed by atoms with Crippen molar-refractivity contribution in [2.75, 3.05) is 0 Å². The second-order valence-corrected chi connectivity index (χ2v) is 5.12. The van der Waals surface area contributed by atoms with Gasteiger partial charge in [0.15, 0.2) is 0 Å². The molecule has 2 aromatic rings. The number of benzene rings is 2. The molecule has 0 aliphatic rings. The smallest absolute Gasteiger partial charge is 0.166 e. The first-order valence-electron chi connectivity index (χ1n) is 6.07. The Bertz CT molecular complexity index is 672. The minimum atomic E-state index is -4.74. The molecule has 0 fully saturated rings. The Kier molecular flexibility index (Phi) is 4.56. The summed E-state index contributed by atoms with van der Waals surface area (Å²) in [4.78, 5) is 0. The summed E-state index contributed by atoms with van der Waals surface area (Å²) in [6, 6.07) is 7.42. The van der Waals surface area contributed by atoms with Crippen LogP contribution >= 0.6 is 15.9 Å². The van der Waals surface area contributed by atoms with Gasteiger partial charge in [-0.25, -0.2) is 0 Å². The van der Waals surface area contributed by atoms with Crippen molar-refractivity contribution in [3.8, 4) is 11.1 Å². The van der Waals surface area contributed by atoms with Crippen LogP contribution < -0.4 is 0 Å². The van der Waals surface area contributed by atoms with Gasteiger partial charge >= 0.3 is 12.4 Å². The summed E-state index contributed by atoms with van der Waals surface area (Å²) in [7, 11) is 0. The third kappa shape index (κ3) is 3.45. The van der Waals surface area contributed by atoms with Crippen LogP contribution in [-0.2, 0) is 17.7 Å². The van der Waals surface area contributed by atoms with E-state index >= 15 is 0 Å². The molecule has 0 N–H and O–H groups in total. The monoisotopic (exact) mass is 382 g/mol. The molecule has 0 saturated carbocycles. The summed E-state index contributed by atoms with van der Waals surface area (Å²) in [5.41, 5.74) is -2.68. The zero-order valence-corrected chi connectivity index (χ0v) is 12.5. The Labute approximate surface area is 130 Å². The molecule has 0 amide bonds. The predicted octanol–water partition coefficient (Wildman–Crippen LogP) is 6.29. The quantitative estimate of drug-likeness (QED) is 0.423. The molecule has 0 spiro atoms. The third-order valence-electron chi connectivity index (χ3n) is 3.07. The lowest BCUT2D eigenvalue weighted by Gasteiger charge is -2.18. The van der Waals surface area contributed by atoms with E-state index in [0.717, 1.165) is 30.3 Å².